The Morgan fingerprint density at radius 3 is 2.60 bits per heavy atom. The van der Waals surface area contributed by atoms with Crippen LogP contribution in [0.25, 0.3) is 0 Å². The highest BCUT2D eigenvalue weighted by Gasteiger charge is 2.28. The van der Waals surface area contributed by atoms with Crippen LogP contribution in [-0.2, 0) is 10.0 Å². The van der Waals surface area contributed by atoms with Crippen molar-refractivity contribution in [3.8, 4) is 0 Å². The molecule has 0 aliphatic heterocycles. The van der Waals surface area contributed by atoms with Gasteiger partial charge >= 0.3 is 0 Å². The monoisotopic (exact) mass is 251 g/mol. The lowest BCUT2D eigenvalue weighted by Gasteiger charge is -2.15. The molecule has 2 atom stereocenters. The minimum atomic E-state index is -3.08. The smallest absolute Gasteiger partial charge is 0.212 e. The molecule has 1 aliphatic carbocycles. The molecule has 0 aromatic carbocycles. The fraction of sp³-hybridized carbons (Fsp3) is 1.00. The Balaban J connectivity index is 2.42. The van der Waals surface area contributed by atoms with Crippen molar-refractivity contribution in [1.82, 2.24) is 4.72 Å². The fourth-order valence-electron chi connectivity index (χ4n) is 1.80. The van der Waals surface area contributed by atoms with Crippen molar-refractivity contribution in [2.45, 2.75) is 56.6 Å². The summed E-state index contributed by atoms with van der Waals surface area (Å²) in [4.78, 5) is 0. The molecule has 0 aromatic rings. The normalized spacial score (nSPS) is 27.5. The van der Waals surface area contributed by atoms with E-state index in [9.17, 15) is 8.42 Å². The maximum Gasteiger partial charge on any atom is 0.214 e. The van der Waals surface area contributed by atoms with Gasteiger partial charge in [0.1, 0.15) is 0 Å². The second-order valence-electron chi connectivity index (χ2n) is 4.30. The van der Waals surface area contributed by atoms with E-state index in [0.29, 0.717) is 5.25 Å². The van der Waals surface area contributed by atoms with Gasteiger partial charge in [0.2, 0.25) is 10.0 Å². The Hall–Kier alpha value is 0.260. The summed E-state index contributed by atoms with van der Waals surface area (Å²) < 4.78 is 26.1. The predicted octanol–water partition coefficient (Wildman–Crippen LogP) is 1.99. The zero-order valence-corrected chi connectivity index (χ0v) is 11.3. The van der Waals surface area contributed by atoms with E-state index in [1.54, 1.807) is 13.8 Å². The van der Waals surface area contributed by atoms with Crippen molar-refractivity contribution >= 4 is 21.8 Å². The summed E-state index contributed by atoms with van der Waals surface area (Å²) >= 11 is 1.94. The van der Waals surface area contributed by atoms with E-state index in [2.05, 4.69) is 11.6 Å². The number of sulfonamides is 1. The molecule has 1 N–H and O–H groups in total. The molecule has 0 radical (unpaired) electrons. The molecule has 2 unspecified atom stereocenters. The van der Waals surface area contributed by atoms with Crippen LogP contribution in [-0.4, -0.2) is 30.7 Å². The molecule has 3 nitrogen and oxygen atoms in total. The second kappa shape index (κ2) is 5.55. The molecule has 0 saturated heterocycles. The van der Waals surface area contributed by atoms with E-state index in [0.717, 1.165) is 25.0 Å². The lowest BCUT2D eigenvalue weighted by Crippen LogP contribution is -2.37. The van der Waals surface area contributed by atoms with Gasteiger partial charge in [-0.05, 0) is 38.9 Å². The maximum absolute atomic E-state index is 11.6. The van der Waals surface area contributed by atoms with Crippen LogP contribution < -0.4 is 4.72 Å². The van der Waals surface area contributed by atoms with Gasteiger partial charge < -0.3 is 0 Å². The van der Waals surface area contributed by atoms with E-state index < -0.39 is 10.0 Å². The number of rotatable bonds is 5. The van der Waals surface area contributed by atoms with E-state index in [1.165, 1.54) is 0 Å². The van der Waals surface area contributed by atoms with Gasteiger partial charge in [-0.1, -0.05) is 6.92 Å². The molecule has 0 heterocycles. The van der Waals surface area contributed by atoms with E-state index in [-0.39, 0.29) is 11.3 Å². The molecule has 0 amide bonds. The van der Waals surface area contributed by atoms with Crippen LogP contribution in [0.1, 0.15) is 40.0 Å². The van der Waals surface area contributed by atoms with Crippen LogP contribution in [0, 0.1) is 0 Å². The van der Waals surface area contributed by atoms with Crippen molar-refractivity contribution in [2.24, 2.45) is 0 Å². The molecule has 1 fully saturated rings. The van der Waals surface area contributed by atoms with Gasteiger partial charge in [0.15, 0.2) is 0 Å². The van der Waals surface area contributed by atoms with E-state index >= 15 is 0 Å². The molecule has 15 heavy (non-hydrogen) atoms. The highest BCUT2D eigenvalue weighted by atomic mass is 32.2. The van der Waals surface area contributed by atoms with Gasteiger partial charge in [-0.15, -0.1) is 0 Å². The SMILES string of the molecule is CCSC1CCC(NS(=O)(=O)C(C)C)C1. The van der Waals surface area contributed by atoms with Gasteiger partial charge in [0.25, 0.3) is 0 Å². The van der Waals surface area contributed by atoms with Crippen LogP contribution >= 0.6 is 11.8 Å². The summed E-state index contributed by atoms with van der Waals surface area (Å²) in [5, 5.41) is 0.324. The molecular weight excluding hydrogens is 230 g/mol. The summed E-state index contributed by atoms with van der Waals surface area (Å²) in [6, 6.07) is 0.168. The van der Waals surface area contributed by atoms with Crippen LogP contribution in [0.4, 0.5) is 0 Å². The largest absolute Gasteiger partial charge is 0.214 e. The second-order valence-corrected chi connectivity index (χ2v) is 8.14. The highest BCUT2D eigenvalue weighted by molar-refractivity contribution is 7.99. The van der Waals surface area contributed by atoms with Crippen molar-refractivity contribution in [3.05, 3.63) is 0 Å². The number of thioether (sulfide) groups is 1. The van der Waals surface area contributed by atoms with Gasteiger partial charge in [-0.25, -0.2) is 13.1 Å². The van der Waals surface area contributed by atoms with Crippen LogP contribution in [0.2, 0.25) is 0 Å². The zero-order valence-electron chi connectivity index (χ0n) is 9.69. The van der Waals surface area contributed by atoms with E-state index in [4.69, 9.17) is 0 Å². The first kappa shape index (κ1) is 13.3. The minimum Gasteiger partial charge on any atom is -0.212 e. The molecule has 0 spiro atoms. The molecule has 0 aromatic heterocycles. The Morgan fingerprint density at radius 1 is 1.40 bits per heavy atom. The summed E-state index contributed by atoms with van der Waals surface area (Å²) in [6.07, 6.45) is 3.12. The first-order chi connectivity index (χ1) is 6.95. The average Bonchev–Trinajstić information content (AvgIpc) is 2.52. The number of hydrogen-bond acceptors (Lipinski definition) is 3. The number of nitrogens with one attached hydrogen (secondary N) is 1. The lowest BCUT2D eigenvalue weighted by atomic mass is 10.3. The van der Waals surface area contributed by atoms with Crippen LogP contribution in [0.3, 0.4) is 0 Å². The minimum absolute atomic E-state index is 0.168. The fourth-order valence-corrected chi connectivity index (χ4v) is 3.90. The Morgan fingerprint density at radius 2 is 2.07 bits per heavy atom. The van der Waals surface area contributed by atoms with Crippen molar-refractivity contribution < 1.29 is 8.42 Å². The first-order valence-electron chi connectivity index (χ1n) is 5.58. The molecule has 1 aliphatic rings. The van der Waals surface area contributed by atoms with Crippen LogP contribution in [0.15, 0.2) is 0 Å². The Kier molecular flexibility index (Phi) is 4.93. The van der Waals surface area contributed by atoms with Crippen molar-refractivity contribution in [2.75, 3.05) is 5.75 Å². The highest BCUT2D eigenvalue weighted by Crippen LogP contribution is 2.30. The Labute approximate surface area is 97.5 Å². The quantitative estimate of drug-likeness (QED) is 0.813. The Bertz CT molecular complexity index is 288. The third-order valence-electron chi connectivity index (χ3n) is 2.74. The van der Waals surface area contributed by atoms with E-state index in [1.807, 2.05) is 11.8 Å². The zero-order chi connectivity index (χ0) is 11.5. The van der Waals surface area contributed by atoms with Gasteiger partial charge in [-0.2, -0.15) is 11.8 Å². The third kappa shape index (κ3) is 3.96. The number of hydrogen-bond donors (Lipinski definition) is 1. The summed E-state index contributed by atoms with van der Waals surface area (Å²) in [6.45, 7) is 5.58. The van der Waals surface area contributed by atoms with Crippen molar-refractivity contribution in [1.29, 1.82) is 0 Å². The summed E-state index contributed by atoms with van der Waals surface area (Å²) in [5.74, 6) is 1.12. The standard InChI is InChI=1S/C10H21NO2S2/c1-4-14-10-6-5-9(7-10)11-15(12,13)8(2)3/h8-11H,4-7H2,1-3H3. The van der Waals surface area contributed by atoms with Gasteiger partial charge in [0, 0.05) is 11.3 Å². The first-order valence-corrected chi connectivity index (χ1v) is 8.18. The molecule has 0 bridgehead atoms. The predicted molar refractivity (Wildman–Crippen MR) is 66.8 cm³/mol. The summed E-state index contributed by atoms with van der Waals surface area (Å²) in [7, 11) is -3.08. The third-order valence-corrected chi connectivity index (χ3v) is 5.87. The maximum atomic E-state index is 11.6. The average molecular weight is 251 g/mol. The molecule has 1 saturated carbocycles. The summed E-state index contributed by atoms with van der Waals surface area (Å²) in [5.41, 5.74) is 0. The van der Waals surface area contributed by atoms with Crippen LogP contribution in [0.5, 0.6) is 0 Å². The lowest BCUT2D eigenvalue weighted by molar-refractivity contribution is 0.544. The molecule has 1 rings (SSSR count). The van der Waals surface area contributed by atoms with Crippen molar-refractivity contribution in [3.63, 3.8) is 0 Å². The topological polar surface area (TPSA) is 46.2 Å². The molecular formula is C10H21NO2S2. The molecule has 90 valence electrons. The molecule has 5 heteroatoms. The van der Waals surface area contributed by atoms with Gasteiger partial charge in [0.05, 0.1) is 5.25 Å². The van der Waals surface area contributed by atoms with Gasteiger partial charge in [-0.3, -0.25) is 0 Å².